The highest BCUT2D eigenvalue weighted by molar-refractivity contribution is 7.89. The van der Waals surface area contributed by atoms with Crippen molar-refractivity contribution in [3.05, 3.63) is 66.5 Å². The van der Waals surface area contributed by atoms with Crippen molar-refractivity contribution in [1.82, 2.24) is 15.0 Å². The molecule has 2 fully saturated rings. The smallest absolute Gasteiger partial charge is 0.240 e. The lowest BCUT2D eigenvalue weighted by Crippen LogP contribution is -2.38. The highest BCUT2D eigenvalue weighted by Gasteiger charge is 2.44. The molecule has 0 radical (unpaired) electrons. The van der Waals surface area contributed by atoms with Crippen molar-refractivity contribution in [2.45, 2.75) is 30.1 Å². The maximum Gasteiger partial charge on any atom is 0.240 e. The molecule has 0 spiro atoms. The zero-order valence-electron chi connectivity index (χ0n) is 18.3. The second kappa shape index (κ2) is 9.21. The van der Waals surface area contributed by atoms with E-state index in [2.05, 4.69) is 20.3 Å². The van der Waals surface area contributed by atoms with E-state index in [9.17, 15) is 13.2 Å². The molecule has 7 nitrogen and oxygen atoms in total. The number of carbonyl (C=O) groups is 1. The fourth-order valence-corrected chi connectivity index (χ4v) is 5.67. The van der Waals surface area contributed by atoms with Crippen LogP contribution < -0.4 is 15.4 Å². The first kappa shape index (κ1) is 22.0. The van der Waals surface area contributed by atoms with Crippen LogP contribution >= 0.6 is 0 Å². The molecular weight excluding hydrogens is 436 g/mol. The van der Waals surface area contributed by atoms with Gasteiger partial charge in [-0.15, -0.1) is 0 Å². The van der Waals surface area contributed by atoms with Gasteiger partial charge >= 0.3 is 0 Å². The van der Waals surface area contributed by atoms with E-state index in [1.54, 1.807) is 24.5 Å². The summed E-state index contributed by atoms with van der Waals surface area (Å²) in [6, 6.07) is 14.6. The van der Waals surface area contributed by atoms with Crippen molar-refractivity contribution >= 4 is 32.4 Å². The summed E-state index contributed by atoms with van der Waals surface area (Å²) in [5.74, 6) is 0.343. The molecule has 2 aromatic carbocycles. The molecule has 5 rings (SSSR count). The van der Waals surface area contributed by atoms with Crippen molar-refractivity contribution in [1.29, 1.82) is 0 Å². The van der Waals surface area contributed by atoms with Gasteiger partial charge in [0.25, 0.3) is 0 Å². The molecule has 1 saturated carbocycles. The minimum absolute atomic E-state index is 0.00661. The van der Waals surface area contributed by atoms with Crippen molar-refractivity contribution in [2.75, 3.05) is 25.0 Å². The summed E-state index contributed by atoms with van der Waals surface area (Å²) in [5.41, 5.74) is 1.76. The second-order valence-corrected chi connectivity index (χ2v) is 10.8. The highest BCUT2D eigenvalue weighted by atomic mass is 32.2. The number of pyridine rings is 1. The quantitative estimate of drug-likeness (QED) is 0.498. The molecule has 3 atom stereocenters. The minimum atomic E-state index is -3.53. The fraction of sp³-hybridized carbons (Fsp3) is 0.360. The van der Waals surface area contributed by atoms with Crippen LogP contribution in [0.2, 0.25) is 0 Å². The maximum atomic E-state index is 12.7. The fourth-order valence-electron chi connectivity index (χ4n) is 4.55. The summed E-state index contributed by atoms with van der Waals surface area (Å²) in [4.78, 5) is 17.1. The maximum absolute atomic E-state index is 12.7. The average molecular weight is 465 g/mol. The molecule has 3 aromatic rings. The van der Waals surface area contributed by atoms with Gasteiger partial charge in [-0.1, -0.05) is 18.2 Å². The van der Waals surface area contributed by atoms with Gasteiger partial charge in [0.1, 0.15) is 0 Å². The van der Waals surface area contributed by atoms with Gasteiger partial charge in [-0.05, 0) is 85.5 Å². The van der Waals surface area contributed by atoms with Gasteiger partial charge in [0, 0.05) is 35.9 Å². The van der Waals surface area contributed by atoms with Crippen LogP contribution in [0.5, 0.6) is 0 Å². The number of hydrogen-bond acceptors (Lipinski definition) is 5. The Hall–Kier alpha value is -2.81. The largest absolute Gasteiger partial charge is 0.326 e. The number of benzene rings is 2. The van der Waals surface area contributed by atoms with Crippen LogP contribution in [0.1, 0.15) is 30.7 Å². The van der Waals surface area contributed by atoms with E-state index in [0.717, 1.165) is 54.4 Å². The van der Waals surface area contributed by atoms with Gasteiger partial charge in [0.15, 0.2) is 0 Å². The van der Waals surface area contributed by atoms with Gasteiger partial charge in [-0.3, -0.25) is 9.78 Å². The lowest BCUT2D eigenvalue weighted by atomic mass is 10.0. The normalized spacial score (nSPS) is 22.7. The number of anilines is 1. The van der Waals surface area contributed by atoms with Crippen LogP contribution in [0.25, 0.3) is 10.8 Å². The summed E-state index contributed by atoms with van der Waals surface area (Å²) in [6.45, 7) is 2.31. The first-order valence-corrected chi connectivity index (χ1v) is 12.9. The van der Waals surface area contributed by atoms with Gasteiger partial charge in [-0.2, -0.15) is 0 Å². The van der Waals surface area contributed by atoms with Crippen LogP contribution in [0.3, 0.4) is 0 Å². The molecule has 0 unspecified atom stereocenters. The third-order valence-electron chi connectivity index (χ3n) is 6.61. The number of nitrogens with zero attached hydrogens (tertiary/aromatic N) is 1. The van der Waals surface area contributed by atoms with Crippen LogP contribution in [0.4, 0.5) is 5.69 Å². The van der Waals surface area contributed by atoms with E-state index < -0.39 is 10.0 Å². The number of amides is 1. The first-order chi connectivity index (χ1) is 16.0. The van der Waals surface area contributed by atoms with Crippen molar-refractivity contribution in [3.8, 4) is 0 Å². The van der Waals surface area contributed by atoms with Crippen molar-refractivity contribution in [2.24, 2.45) is 11.8 Å². The van der Waals surface area contributed by atoms with E-state index in [-0.39, 0.29) is 22.6 Å². The van der Waals surface area contributed by atoms with Crippen molar-refractivity contribution in [3.63, 3.8) is 0 Å². The Morgan fingerprint density at radius 3 is 2.73 bits per heavy atom. The summed E-state index contributed by atoms with van der Waals surface area (Å²) in [7, 11) is -3.53. The molecule has 0 bridgehead atoms. The molecule has 172 valence electrons. The van der Waals surface area contributed by atoms with Crippen LogP contribution in [0, 0.1) is 11.8 Å². The predicted octanol–water partition coefficient (Wildman–Crippen LogP) is 3.25. The Labute approximate surface area is 194 Å². The van der Waals surface area contributed by atoms with E-state index >= 15 is 0 Å². The number of piperidine rings is 1. The second-order valence-electron chi connectivity index (χ2n) is 9.01. The molecule has 1 aromatic heterocycles. The summed E-state index contributed by atoms with van der Waals surface area (Å²) in [6.07, 6.45) is 6.41. The van der Waals surface area contributed by atoms with E-state index in [1.807, 2.05) is 36.4 Å². The van der Waals surface area contributed by atoms with Crippen molar-refractivity contribution < 1.29 is 13.2 Å². The third-order valence-corrected chi connectivity index (χ3v) is 8.05. The van der Waals surface area contributed by atoms with E-state index in [1.165, 1.54) is 0 Å². The molecule has 1 aliphatic carbocycles. The van der Waals surface area contributed by atoms with Gasteiger partial charge in [-0.25, -0.2) is 13.1 Å². The molecule has 8 heteroatoms. The average Bonchev–Trinajstić information content (AvgIpc) is 3.65. The molecule has 1 saturated heterocycles. The lowest BCUT2D eigenvalue weighted by Gasteiger charge is -2.22. The summed E-state index contributed by atoms with van der Waals surface area (Å²) >= 11 is 0. The Kier molecular flexibility index (Phi) is 6.14. The Balaban J connectivity index is 1.18. The number of sulfonamides is 1. The number of aromatic nitrogens is 1. The SMILES string of the molecule is O=C(Nc1ccc2cnccc2c1)[C@@H]1C[C@H]1c1ccc(S(=O)(=O)NC[C@H]2CCCNC2)cc1. The summed E-state index contributed by atoms with van der Waals surface area (Å²) in [5, 5.41) is 8.37. The predicted molar refractivity (Wildman–Crippen MR) is 128 cm³/mol. The molecule has 1 amide bonds. The Morgan fingerprint density at radius 1 is 1.09 bits per heavy atom. The minimum Gasteiger partial charge on any atom is -0.326 e. The van der Waals surface area contributed by atoms with Crippen LogP contribution in [-0.4, -0.2) is 38.9 Å². The number of nitrogens with one attached hydrogen (secondary N) is 3. The number of carbonyl (C=O) groups excluding carboxylic acids is 1. The van der Waals surface area contributed by atoms with Gasteiger partial charge in [0.2, 0.25) is 15.9 Å². The molecule has 1 aliphatic heterocycles. The van der Waals surface area contributed by atoms with E-state index in [0.29, 0.717) is 12.5 Å². The Bertz CT molecular complexity index is 1250. The topological polar surface area (TPSA) is 100 Å². The van der Waals surface area contributed by atoms with Gasteiger partial charge in [0.05, 0.1) is 4.90 Å². The Morgan fingerprint density at radius 2 is 1.94 bits per heavy atom. The standard InChI is InChI=1S/C25H28N4O3S/c30-25(29-21-6-3-20-16-27-11-9-19(20)12-21)24-13-23(24)18-4-7-22(8-5-18)33(31,32)28-15-17-2-1-10-26-14-17/h3-9,11-12,16-17,23-24,26,28H,1-2,10,13-15H2,(H,29,30)/t17-,23-,24+/m0/s1. The molecule has 33 heavy (non-hydrogen) atoms. The first-order valence-electron chi connectivity index (χ1n) is 11.4. The van der Waals surface area contributed by atoms with Crippen LogP contribution in [-0.2, 0) is 14.8 Å². The zero-order valence-corrected chi connectivity index (χ0v) is 19.1. The van der Waals surface area contributed by atoms with Gasteiger partial charge < -0.3 is 10.6 Å². The summed E-state index contributed by atoms with van der Waals surface area (Å²) < 4.78 is 28.0. The highest BCUT2D eigenvalue weighted by Crippen LogP contribution is 2.48. The molecular formula is C25H28N4O3S. The number of hydrogen-bond donors (Lipinski definition) is 3. The molecule has 2 heterocycles. The van der Waals surface area contributed by atoms with E-state index in [4.69, 9.17) is 0 Å². The molecule has 2 aliphatic rings. The zero-order chi connectivity index (χ0) is 22.8. The van der Waals surface area contributed by atoms with Crippen LogP contribution in [0.15, 0.2) is 65.8 Å². The number of rotatable bonds is 7. The molecule has 3 N–H and O–H groups in total. The monoisotopic (exact) mass is 464 g/mol. The number of fused-ring (bicyclic) bond motifs is 1. The lowest BCUT2D eigenvalue weighted by molar-refractivity contribution is -0.117. The third kappa shape index (κ3) is 5.08.